The van der Waals surface area contributed by atoms with Crippen LogP contribution >= 0.6 is 0 Å². The predicted octanol–water partition coefficient (Wildman–Crippen LogP) is 5.03. The van der Waals surface area contributed by atoms with Crippen LogP contribution in [-0.2, 0) is 20.2 Å². The molecule has 10 nitrogen and oxygen atoms in total. The smallest absolute Gasteiger partial charge is 0.744 e. The number of hydrogen-bond donors (Lipinski definition) is 2. The van der Waals surface area contributed by atoms with Crippen molar-refractivity contribution >= 4 is 43.0 Å². The maximum Gasteiger partial charge on any atom is 1.00 e. The van der Waals surface area contributed by atoms with Crippen LogP contribution in [0, 0.1) is 41.5 Å². The third-order valence-electron chi connectivity index (χ3n) is 8.84. The summed E-state index contributed by atoms with van der Waals surface area (Å²) in [5.74, 6) is -0.347. The second kappa shape index (κ2) is 16.0. The van der Waals surface area contributed by atoms with Crippen LogP contribution in [0.5, 0.6) is 11.5 Å². The minimum absolute atomic E-state index is 0. The molecule has 52 heavy (non-hydrogen) atoms. The van der Waals surface area contributed by atoms with Gasteiger partial charge in [-0.1, -0.05) is 53.6 Å². The quantitative estimate of drug-likeness (QED) is 0.107. The van der Waals surface area contributed by atoms with E-state index in [0.717, 1.165) is 50.8 Å². The number of nitrogens with one attached hydrogen (secondary N) is 2. The summed E-state index contributed by atoms with van der Waals surface area (Å²) in [6, 6.07) is 21.7. The fourth-order valence-electron chi connectivity index (χ4n) is 6.73. The number of methoxy groups -OCH3 is 2. The molecular formula is C39H40N2NaO8S2-. The average molecular weight is 752 g/mol. The summed E-state index contributed by atoms with van der Waals surface area (Å²) >= 11 is 0. The summed E-state index contributed by atoms with van der Waals surface area (Å²) in [6.07, 6.45) is 0. The Labute approximate surface area is 328 Å². The maximum atomic E-state index is 12.8. The Morgan fingerprint density at radius 1 is 0.538 bits per heavy atom. The van der Waals surface area contributed by atoms with Crippen molar-refractivity contribution in [1.82, 2.24) is 0 Å². The van der Waals surface area contributed by atoms with Crippen LogP contribution < -0.4 is 49.7 Å². The zero-order valence-corrected chi connectivity index (χ0v) is 34.3. The standard InChI is InChI=1S/C39H42N2O8S2.Na/c1-22-15-24(3)38(25(4)16-22)40-28-9-12-31(34(19-28)48-7)37(33-14-11-30(50(42,43)44)21-36(33)51(45,46)47)32-13-10-29(20-35(32)49-8)41-39-26(5)17-23(2)18-27(39)6;/h9-21,37,40-41H,1-8H3,(H,42,43,44)(H,45,46,47);/q;+1/p-2. The third-order valence-corrected chi connectivity index (χ3v) is 10.6. The second-order valence-electron chi connectivity index (χ2n) is 12.8. The molecule has 0 fully saturated rings. The fraction of sp³-hybridized carbons (Fsp3) is 0.231. The van der Waals surface area contributed by atoms with E-state index in [1.54, 1.807) is 36.4 Å². The van der Waals surface area contributed by atoms with E-state index in [9.17, 15) is 25.9 Å². The van der Waals surface area contributed by atoms with Crippen LogP contribution in [0.1, 0.15) is 56.0 Å². The largest absolute Gasteiger partial charge is 1.00 e. The molecule has 0 unspecified atom stereocenters. The van der Waals surface area contributed by atoms with Crippen LogP contribution in [0.4, 0.5) is 22.7 Å². The van der Waals surface area contributed by atoms with Gasteiger partial charge >= 0.3 is 29.6 Å². The number of aryl methyl sites for hydroxylation is 6. The number of ether oxygens (including phenoxy) is 2. The molecule has 5 aromatic rings. The molecule has 5 rings (SSSR count). The van der Waals surface area contributed by atoms with E-state index >= 15 is 0 Å². The second-order valence-corrected chi connectivity index (χ2v) is 15.5. The molecule has 0 atom stereocenters. The van der Waals surface area contributed by atoms with E-state index in [1.807, 2.05) is 41.5 Å². The number of benzene rings is 5. The number of anilines is 4. The molecule has 5 aromatic carbocycles. The normalized spacial score (nSPS) is 11.6. The van der Waals surface area contributed by atoms with Crippen molar-refractivity contribution < 1.29 is 65.0 Å². The summed E-state index contributed by atoms with van der Waals surface area (Å²) in [5, 5.41) is 6.91. The van der Waals surface area contributed by atoms with E-state index < -0.39 is 35.9 Å². The van der Waals surface area contributed by atoms with Crippen LogP contribution in [0.25, 0.3) is 0 Å². The van der Waals surface area contributed by atoms with Crippen molar-refractivity contribution in [2.75, 3.05) is 24.9 Å². The van der Waals surface area contributed by atoms with Gasteiger partial charge in [-0.3, -0.25) is 0 Å². The van der Waals surface area contributed by atoms with Gasteiger partial charge in [-0.15, -0.1) is 0 Å². The Morgan fingerprint density at radius 2 is 0.923 bits per heavy atom. The Balaban J connectivity index is 0.00000605. The van der Waals surface area contributed by atoms with Crippen LogP contribution in [0.15, 0.2) is 88.7 Å². The molecule has 0 heterocycles. The van der Waals surface area contributed by atoms with Gasteiger partial charge in [-0.25, -0.2) is 16.8 Å². The Hall–Kier alpha value is -3.88. The zero-order chi connectivity index (χ0) is 37.4. The van der Waals surface area contributed by atoms with E-state index in [1.165, 1.54) is 20.3 Å². The van der Waals surface area contributed by atoms with Gasteiger partial charge in [-0.05, 0) is 93.6 Å². The van der Waals surface area contributed by atoms with Crippen LogP contribution in [0.2, 0.25) is 0 Å². The van der Waals surface area contributed by atoms with Crippen molar-refractivity contribution in [2.24, 2.45) is 0 Å². The molecule has 0 aliphatic carbocycles. The zero-order valence-electron chi connectivity index (χ0n) is 30.7. The molecular weight excluding hydrogens is 712 g/mol. The molecule has 0 aliphatic heterocycles. The first-order valence-corrected chi connectivity index (χ1v) is 18.8. The molecule has 2 N–H and O–H groups in total. The first-order valence-electron chi connectivity index (χ1n) is 16.0. The Morgan fingerprint density at radius 3 is 1.27 bits per heavy atom. The van der Waals surface area contributed by atoms with Crippen molar-refractivity contribution in [3.05, 3.63) is 129 Å². The molecule has 268 valence electrons. The van der Waals surface area contributed by atoms with Gasteiger partial charge < -0.3 is 29.2 Å². The van der Waals surface area contributed by atoms with Gasteiger partial charge in [0.1, 0.15) is 31.7 Å². The first-order chi connectivity index (χ1) is 23.9. The molecule has 0 radical (unpaired) electrons. The van der Waals surface area contributed by atoms with Gasteiger partial charge in [0.05, 0.1) is 24.0 Å². The Kier molecular flexibility index (Phi) is 12.6. The maximum absolute atomic E-state index is 12.8. The molecule has 0 bridgehead atoms. The molecule has 0 spiro atoms. The molecule has 13 heteroatoms. The molecule has 0 saturated carbocycles. The van der Waals surface area contributed by atoms with Gasteiger partial charge in [-0.2, -0.15) is 0 Å². The van der Waals surface area contributed by atoms with Crippen molar-refractivity contribution in [1.29, 1.82) is 0 Å². The van der Waals surface area contributed by atoms with Gasteiger partial charge in [0.15, 0.2) is 0 Å². The summed E-state index contributed by atoms with van der Waals surface area (Å²) in [7, 11) is -7.45. The molecule has 0 aromatic heterocycles. The van der Waals surface area contributed by atoms with E-state index in [0.29, 0.717) is 40.1 Å². The van der Waals surface area contributed by atoms with Gasteiger partial charge in [0.2, 0.25) is 0 Å². The van der Waals surface area contributed by atoms with E-state index in [2.05, 4.69) is 34.9 Å². The van der Waals surface area contributed by atoms with Crippen LogP contribution in [-0.4, -0.2) is 40.2 Å². The SMILES string of the molecule is COc1cc(Nc2c(C)cc(C)cc2C)ccc1C(c1ccc(Nc2c(C)cc(C)cc2C)cc1OC)c1ccc(S(=O)(=O)[O-])cc1S(=O)(=O)[O-].[Na+]. The predicted molar refractivity (Wildman–Crippen MR) is 197 cm³/mol. The van der Waals surface area contributed by atoms with Crippen molar-refractivity contribution in [2.45, 2.75) is 57.3 Å². The molecule has 0 aliphatic rings. The van der Waals surface area contributed by atoms with Crippen molar-refractivity contribution in [3.8, 4) is 11.5 Å². The summed E-state index contributed by atoms with van der Waals surface area (Å²) < 4.78 is 85.9. The number of hydrogen-bond acceptors (Lipinski definition) is 10. The Bertz CT molecular complexity index is 2220. The number of rotatable bonds is 11. The minimum atomic E-state index is -5.30. The third kappa shape index (κ3) is 8.83. The summed E-state index contributed by atoms with van der Waals surface area (Å²) in [6.45, 7) is 12.1. The molecule has 0 saturated heterocycles. The average Bonchev–Trinajstić information content (AvgIpc) is 3.04. The fourth-order valence-corrected chi connectivity index (χ4v) is 8.04. The monoisotopic (exact) mass is 751 g/mol. The minimum Gasteiger partial charge on any atom is -0.744 e. The molecule has 0 amide bonds. The summed E-state index contributed by atoms with van der Waals surface area (Å²) in [4.78, 5) is -1.69. The van der Waals surface area contributed by atoms with Crippen LogP contribution in [0.3, 0.4) is 0 Å². The topological polar surface area (TPSA) is 157 Å². The first kappa shape index (κ1) is 40.9. The van der Waals surface area contributed by atoms with E-state index in [-0.39, 0.29) is 35.1 Å². The van der Waals surface area contributed by atoms with Gasteiger partial charge in [0, 0.05) is 51.9 Å². The van der Waals surface area contributed by atoms with E-state index in [4.69, 9.17) is 9.47 Å². The van der Waals surface area contributed by atoms with Gasteiger partial charge in [0.25, 0.3) is 0 Å². The summed E-state index contributed by atoms with van der Waals surface area (Å²) in [5.41, 5.74) is 10.5. The van der Waals surface area contributed by atoms with Crippen molar-refractivity contribution in [3.63, 3.8) is 0 Å².